The monoisotopic (exact) mass is 495 g/mol. The Balaban J connectivity index is 0.00000676. The molecule has 0 fully saturated rings. The summed E-state index contributed by atoms with van der Waals surface area (Å²) in [6.45, 7) is 7.35. The van der Waals surface area contributed by atoms with E-state index in [0.29, 0.717) is 23.0 Å². The molecule has 0 aliphatic carbocycles. The van der Waals surface area contributed by atoms with Crippen molar-refractivity contribution in [2.45, 2.75) is 32.8 Å². The molecule has 0 amide bonds. The maximum absolute atomic E-state index is 10.5. The van der Waals surface area contributed by atoms with Crippen LogP contribution < -0.4 is 20.1 Å². The Morgan fingerprint density at radius 3 is 2.30 bits per heavy atom. The summed E-state index contributed by atoms with van der Waals surface area (Å²) < 4.78 is 15.8. The van der Waals surface area contributed by atoms with E-state index in [1.54, 1.807) is 32.4 Å². The highest BCUT2D eigenvalue weighted by Gasteiger charge is 2.11. The van der Waals surface area contributed by atoms with E-state index < -0.39 is 6.10 Å². The lowest BCUT2D eigenvalue weighted by atomic mass is 10.1. The van der Waals surface area contributed by atoms with Crippen LogP contribution in [0.1, 0.15) is 38.4 Å². The standard InChI is InChI=1S/C19H33N3O4.HI/c1-5-20-19(21-9-7-8-10-26-6-2)22-14-18(23)15-11-16(24-3)13-17(12-15)25-4;/h11-13,18,23H,5-10,14H2,1-4H3,(H2,20,21,22);1H. The summed E-state index contributed by atoms with van der Waals surface area (Å²) in [7, 11) is 3.17. The fourth-order valence-corrected chi connectivity index (χ4v) is 2.33. The van der Waals surface area contributed by atoms with Crippen molar-refractivity contribution in [2.75, 3.05) is 47.1 Å². The molecule has 27 heavy (non-hydrogen) atoms. The van der Waals surface area contributed by atoms with Crippen LogP contribution in [0.25, 0.3) is 0 Å². The lowest BCUT2D eigenvalue weighted by molar-refractivity contribution is 0.143. The molecule has 1 atom stereocenters. The number of ether oxygens (including phenoxy) is 3. The summed E-state index contributed by atoms with van der Waals surface area (Å²) in [5.74, 6) is 1.97. The van der Waals surface area contributed by atoms with Gasteiger partial charge in [0.1, 0.15) is 11.5 Å². The second kappa shape index (κ2) is 15.8. The van der Waals surface area contributed by atoms with Gasteiger partial charge in [-0.2, -0.15) is 0 Å². The Labute approximate surface area is 179 Å². The molecule has 7 nitrogen and oxygen atoms in total. The Morgan fingerprint density at radius 2 is 1.74 bits per heavy atom. The zero-order valence-electron chi connectivity index (χ0n) is 16.8. The number of aliphatic hydroxyl groups is 1. The Bertz CT molecular complexity index is 521. The van der Waals surface area contributed by atoms with Crippen molar-refractivity contribution in [3.63, 3.8) is 0 Å². The van der Waals surface area contributed by atoms with E-state index in [9.17, 15) is 5.11 Å². The van der Waals surface area contributed by atoms with Crippen LogP contribution in [0.15, 0.2) is 23.2 Å². The van der Waals surface area contributed by atoms with Gasteiger partial charge in [0, 0.05) is 32.4 Å². The zero-order valence-corrected chi connectivity index (χ0v) is 19.1. The minimum Gasteiger partial charge on any atom is -0.497 e. The molecule has 0 aliphatic heterocycles. The lowest BCUT2D eigenvalue weighted by Gasteiger charge is -2.15. The van der Waals surface area contributed by atoms with Crippen molar-refractivity contribution in [2.24, 2.45) is 4.99 Å². The van der Waals surface area contributed by atoms with E-state index in [0.717, 1.165) is 39.1 Å². The molecule has 0 heterocycles. The van der Waals surface area contributed by atoms with Crippen LogP contribution >= 0.6 is 24.0 Å². The molecule has 156 valence electrons. The van der Waals surface area contributed by atoms with Gasteiger partial charge in [-0.25, -0.2) is 0 Å². The van der Waals surface area contributed by atoms with E-state index >= 15 is 0 Å². The van der Waals surface area contributed by atoms with Crippen molar-refractivity contribution < 1.29 is 19.3 Å². The average molecular weight is 495 g/mol. The van der Waals surface area contributed by atoms with Gasteiger partial charge in [0.25, 0.3) is 0 Å². The van der Waals surface area contributed by atoms with Crippen LogP contribution in [0, 0.1) is 0 Å². The fraction of sp³-hybridized carbons (Fsp3) is 0.632. The van der Waals surface area contributed by atoms with E-state index in [4.69, 9.17) is 14.2 Å². The molecule has 3 N–H and O–H groups in total. The van der Waals surface area contributed by atoms with Gasteiger partial charge in [-0.1, -0.05) is 0 Å². The van der Waals surface area contributed by atoms with E-state index in [-0.39, 0.29) is 30.5 Å². The smallest absolute Gasteiger partial charge is 0.191 e. The van der Waals surface area contributed by atoms with Gasteiger partial charge in [-0.3, -0.25) is 4.99 Å². The minimum absolute atomic E-state index is 0. The van der Waals surface area contributed by atoms with E-state index in [1.165, 1.54) is 0 Å². The van der Waals surface area contributed by atoms with Crippen molar-refractivity contribution in [1.82, 2.24) is 10.6 Å². The average Bonchev–Trinajstić information content (AvgIpc) is 2.67. The largest absolute Gasteiger partial charge is 0.497 e. The Morgan fingerprint density at radius 1 is 1.07 bits per heavy atom. The first-order chi connectivity index (χ1) is 12.6. The van der Waals surface area contributed by atoms with Crippen LogP contribution in [0.3, 0.4) is 0 Å². The van der Waals surface area contributed by atoms with Gasteiger partial charge in [-0.05, 0) is 44.4 Å². The van der Waals surface area contributed by atoms with Crippen LogP contribution in [0.5, 0.6) is 11.5 Å². The summed E-state index contributed by atoms with van der Waals surface area (Å²) in [5, 5.41) is 16.9. The predicted octanol–water partition coefficient (Wildman–Crippen LogP) is 2.73. The van der Waals surface area contributed by atoms with Gasteiger partial charge in [0.05, 0.1) is 26.9 Å². The fourth-order valence-electron chi connectivity index (χ4n) is 2.33. The van der Waals surface area contributed by atoms with Crippen LogP contribution in [-0.4, -0.2) is 58.1 Å². The second-order valence-electron chi connectivity index (χ2n) is 5.71. The normalized spacial score (nSPS) is 12.1. The molecule has 0 saturated carbocycles. The number of aliphatic imine (C=N–C) groups is 1. The van der Waals surface area contributed by atoms with Gasteiger partial charge < -0.3 is 30.0 Å². The number of benzene rings is 1. The summed E-state index contributed by atoms with van der Waals surface area (Å²) in [6, 6.07) is 5.35. The summed E-state index contributed by atoms with van der Waals surface area (Å²) in [6.07, 6.45) is 1.26. The zero-order chi connectivity index (χ0) is 19.2. The molecule has 1 unspecified atom stereocenters. The van der Waals surface area contributed by atoms with Crippen LogP contribution in [-0.2, 0) is 4.74 Å². The number of rotatable bonds is 12. The maximum atomic E-state index is 10.5. The predicted molar refractivity (Wildman–Crippen MR) is 120 cm³/mol. The number of nitrogens with one attached hydrogen (secondary N) is 2. The van der Waals surface area contributed by atoms with Gasteiger partial charge in [-0.15, -0.1) is 24.0 Å². The number of unbranched alkanes of at least 4 members (excludes halogenated alkanes) is 1. The molecular weight excluding hydrogens is 461 g/mol. The highest BCUT2D eigenvalue weighted by molar-refractivity contribution is 14.0. The first kappa shape index (κ1) is 25.7. The highest BCUT2D eigenvalue weighted by Crippen LogP contribution is 2.26. The summed E-state index contributed by atoms with van der Waals surface area (Å²) in [4.78, 5) is 4.47. The highest BCUT2D eigenvalue weighted by atomic mass is 127. The molecular formula is C19H34IN3O4. The first-order valence-corrected chi connectivity index (χ1v) is 9.15. The molecule has 0 radical (unpaired) electrons. The number of halogens is 1. The molecule has 0 aliphatic rings. The third-order valence-corrected chi connectivity index (χ3v) is 3.74. The first-order valence-electron chi connectivity index (χ1n) is 9.15. The molecule has 1 aromatic carbocycles. The third-order valence-electron chi connectivity index (χ3n) is 3.74. The lowest BCUT2D eigenvalue weighted by Crippen LogP contribution is -2.38. The molecule has 0 aromatic heterocycles. The molecule has 0 spiro atoms. The van der Waals surface area contributed by atoms with Crippen LogP contribution in [0.2, 0.25) is 0 Å². The number of hydrogen-bond donors (Lipinski definition) is 3. The van der Waals surface area contributed by atoms with Crippen LogP contribution in [0.4, 0.5) is 0 Å². The maximum Gasteiger partial charge on any atom is 0.191 e. The van der Waals surface area contributed by atoms with E-state index in [1.807, 2.05) is 13.8 Å². The number of aliphatic hydroxyl groups excluding tert-OH is 1. The van der Waals surface area contributed by atoms with E-state index in [2.05, 4.69) is 15.6 Å². The summed E-state index contributed by atoms with van der Waals surface area (Å²) >= 11 is 0. The molecule has 1 aromatic rings. The van der Waals surface area contributed by atoms with Gasteiger partial charge in [0.2, 0.25) is 0 Å². The molecule has 1 rings (SSSR count). The molecule has 0 bridgehead atoms. The van der Waals surface area contributed by atoms with Crippen molar-refractivity contribution in [3.8, 4) is 11.5 Å². The quantitative estimate of drug-likeness (QED) is 0.179. The summed E-state index contributed by atoms with van der Waals surface area (Å²) in [5.41, 5.74) is 0.706. The Hall–Kier alpha value is -1.26. The number of methoxy groups -OCH3 is 2. The van der Waals surface area contributed by atoms with Crippen molar-refractivity contribution in [3.05, 3.63) is 23.8 Å². The number of guanidine groups is 1. The van der Waals surface area contributed by atoms with Gasteiger partial charge in [0.15, 0.2) is 5.96 Å². The second-order valence-corrected chi connectivity index (χ2v) is 5.71. The Kier molecular flexibility index (Phi) is 15.0. The minimum atomic E-state index is -0.743. The van der Waals surface area contributed by atoms with Gasteiger partial charge >= 0.3 is 0 Å². The molecule has 8 heteroatoms. The number of hydrogen-bond acceptors (Lipinski definition) is 5. The third kappa shape index (κ3) is 10.6. The number of nitrogens with zero attached hydrogens (tertiary/aromatic N) is 1. The molecule has 0 saturated heterocycles. The van der Waals surface area contributed by atoms with Crippen molar-refractivity contribution in [1.29, 1.82) is 0 Å². The topological polar surface area (TPSA) is 84.3 Å². The van der Waals surface area contributed by atoms with Crippen molar-refractivity contribution >= 4 is 29.9 Å². The SMILES string of the molecule is CCNC(=NCC(O)c1cc(OC)cc(OC)c1)NCCCCOCC.I.